The van der Waals surface area contributed by atoms with Gasteiger partial charge in [0.1, 0.15) is 5.75 Å². The maximum absolute atomic E-state index is 5.31. The second-order valence-electron chi connectivity index (χ2n) is 3.38. The molecule has 0 aliphatic carbocycles. The highest BCUT2D eigenvalue weighted by molar-refractivity contribution is 5.63. The standard InChI is InChI=1S/C14H14NO/c1-3-12-13(8-7-9-14(12)16-2)15-10-5-4-6-11-15/h3-11H,1H2,2H3/q+1. The highest BCUT2D eigenvalue weighted by Crippen LogP contribution is 2.23. The Labute approximate surface area is 95.4 Å². The monoisotopic (exact) mass is 212 g/mol. The van der Waals surface area contributed by atoms with Gasteiger partial charge in [-0.15, -0.1) is 0 Å². The molecule has 0 fully saturated rings. The summed E-state index contributed by atoms with van der Waals surface area (Å²) < 4.78 is 7.35. The Hall–Kier alpha value is -2.09. The van der Waals surface area contributed by atoms with Crippen LogP contribution in [0.25, 0.3) is 11.8 Å². The van der Waals surface area contributed by atoms with E-state index in [-0.39, 0.29) is 0 Å². The van der Waals surface area contributed by atoms with Gasteiger partial charge in [0.25, 0.3) is 0 Å². The number of hydrogen-bond donors (Lipinski definition) is 0. The zero-order chi connectivity index (χ0) is 11.4. The van der Waals surface area contributed by atoms with Gasteiger partial charge in [0, 0.05) is 18.2 Å². The zero-order valence-electron chi connectivity index (χ0n) is 9.26. The summed E-state index contributed by atoms with van der Waals surface area (Å²) in [4.78, 5) is 0. The van der Waals surface area contributed by atoms with Crippen molar-refractivity contribution >= 4 is 6.08 Å². The van der Waals surface area contributed by atoms with Crippen molar-refractivity contribution in [3.8, 4) is 11.4 Å². The summed E-state index contributed by atoms with van der Waals surface area (Å²) in [6, 6.07) is 11.9. The predicted molar refractivity (Wildman–Crippen MR) is 64.6 cm³/mol. The third-order valence-electron chi connectivity index (χ3n) is 2.46. The van der Waals surface area contributed by atoms with E-state index in [0.29, 0.717) is 0 Å². The maximum atomic E-state index is 5.31. The number of rotatable bonds is 3. The number of pyridine rings is 1. The van der Waals surface area contributed by atoms with Gasteiger partial charge in [-0.2, -0.15) is 4.57 Å². The summed E-state index contributed by atoms with van der Waals surface area (Å²) in [5.74, 6) is 0.837. The molecule has 1 aromatic heterocycles. The normalized spacial score (nSPS) is 9.81. The second-order valence-corrected chi connectivity index (χ2v) is 3.38. The van der Waals surface area contributed by atoms with Crippen molar-refractivity contribution in [1.82, 2.24) is 0 Å². The average Bonchev–Trinajstić information content (AvgIpc) is 2.38. The summed E-state index contributed by atoms with van der Waals surface area (Å²) in [5, 5.41) is 0. The third-order valence-corrected chi connectivity index (χ3v) is 2.46. The van der Waals surface area contributed by atoms with E-state index in [1.165, 1.54) is 0 Å². The summed E-state index contributed by atoms with van der Waals surface area (Å²) >= 11 is 0. The molecule has 0 saturated carbocycles. The molecular weight excluding hydrogens is 198 g/mol. The lowest BCUT2D eigenvalue weighted by Gasteiger charge is -2.06. The molecule has 80 valence electrons. The quantitative estimate of drug-likeness (QED) is 0.713. The first kappa shape index (κ1) is 10.4. The Bertz CT molecular complexity index is 491. The summed E-state index contributed by atoms with van der Waals surface area (Å²) in [5.41, 5.74) is 2.07. The van der Waals surface area contributed by atoms with Crippen molar-refractivity contribution in [2.45, 2.75) is 0 Å². The third kappa shape index (κ3) is 1.82. The van der Waals surface area contributed by atoms with Crippen LogP contribution in [0, 0.1) is 0 Å². The predicted octanol–water partition coefficient (Wildman–Crippen LogP) is 2.61. The van der Waals surface area contributed by atoms with Crippen LogP contribution < -0.4 is 9.30 Å². The van der Waals surface area contributed by atoms with E-state index in [1.807, 2.05) is 59.4 Å². The fourth-order valence-corrected chi connectivity index (χ4v) is 1.70. The van der Waals surface area contributed by atoms with Crippen molar-refractivity contribution in [1.29, 1.82) is 0 Å². The molecule has 0 radical (unpaired) electrons. The molecule has 0 bridgehead atoms. The molecule has 2 heteroatoms. The first-order valence-electron chi connectivity index (χ1n) is 5.13. The minimum absolute atomic E-state index is 0.837. The molecule has 0 aliphatic rings. The van der Waals surface area contributed by atoms with Crippen molar-refractivity contribution in [2.24, 2.45) is 0 Å². The number of benzene rings is 1. The van der Waals surface area contributed by atoms with Gasteiger partial charge >= 0.3 is 0 Å². The molecule has 1 heterocycles. The Morgan fingerprint density at radius 3 is 2.50 bits per heavy atom. The molecule has 2 aromatic rings. The van der Waals surface area contributed by atoms with Gasteiger partial charge in [-0.1, -0.05) is 24.8 Å². The van der Waals surface area contributed by atoms with Gasteiger partial charge in [-0.3, -0.25) is 0 Å². The number of ether oxygens (including phenoxy) is 1. The van der Waals surface area contributed by atoms with Crippen LogP contribution in [0.3, 0.4) is 0 Å². The van der Waals surface area contributed by atoms with Crippen molar-refractivity contribution in [3.63, 3.8) is 0 Å². The molecule has 0 spiro atoms. The molecule has 2 nitrogen and oxygen atoms in total. The SMILES string of the molecule is C=Cc1c(OC)cccc1-[n+]1ccccc1. The van der Waals surface area contributed by atoms with Gasteiger partial charge in [0.15, 0.2) is 12.4 Å². The Kier molecular flexibility index (Phi) is 3.01. The van der Waals surface area contributed by atoms with Crippen molar-refractivity contribution < 1.29 is 9.30 Å². The van der Waals surface area contributed by atoms with Gasteiger partial charge < -0.3 is 4.74 Å². The van der Waals surface area contributed by atoms with Gasteiger partial charge in [-0.25, -0.2) is 0 Å². The summed E-state index contributed by atoms with van der Waals surface area (Å²) in [7, 11) is 1.67. The lowest BCUT2D eigenvalue weighted by molar-refractivity contribution is -0.595. The van der Waals surface area contributed by atoms with E-state index in [2.05, 4.69) is 6.58 Å². The topological polar surface area (TPSA) is 13.1 Å². The summed E-state index contributed by atoms with van der Waals surface area (Å²) in [6.07, 6.45) is 5.82. The van der Waals surface area contributed by atoms with E-state index in [1.54, 1.807) is 7.11 Å². The van der Waals surface area contributed by atoms with E-state index in [4.69, 9.17) is 4.74 Å². The van der Waals surface area contributed by atoms with E-state index in [9.17, 15) is 0 Å². The van der Waals surface area contributed by atoms with Crippen LogP contribution in [0.2, 0.25) is 0 Å². The molecule has 1 aromatic carbocycles. The molecule has 2 rings (SSSR count). The molecule has 0 aliphatic heterocycles. The zero-order valence-corrected chi connectivity index (χ0v) is 9.26. The second kappa shape index (κ2) is 4.62. The van der Waals surface area contributed by atoms with Crippen LogP contribution in [0.4, 0.5) is 0 Å². The number of nitrogens with zero attached hydrogens (tertiary/aromatic N) is 1. The minimum Gasteiger partial charge on any atom is -0.496 e. The number of aromatic nitrogens is 1. The molecular formula is C14H14NO+. The van der Waals surface area contributed by atoms with Gasteiger partial charge in [0.2, 0.25) is 5.69 Å². The largest absolute Gasteiger partial charge is 0.496 e. The minimum atomic E-state index is 0.837. The van der Waals surface area contributed by atoms with Crippen LogP contribution >= 0.6 is 0 Å². The highest BCUT2D eigenvalue weighted by Gasteiger charge is 2.13. The van der Waals surface area contributed by atoms with E-state index < -0.39 is 0 Å². The Morgan fingerprint density at radius 1 is 1.12 bits per heavy atom. The van der Waals surface area contributed by atoms with Gasteiger partial charge in [-0.05, 0) is 6.07 Å². The van der Waals surface area contributed by atoms with Crippen LogP contribution in [-0.2, 0) is 0 Å². The molecule has 0 N–H and O–H groups in total. The first-order valence-corrected chi connectivity index (χ1v) is 5.13. The lowest BCUT2D eigenvalue weighted by atomic mass is 10.1. The van der Waals surface area contributed by atoms with Crippen LogP contribution in [-0.4, -0.2) is 7.11 Å². The Balaban J connectivity index is 2.61. The van der Waals surface area contributed by atoms with E-state index in [0.717, 1.165) is 17.0 Å². The molecule has 16 heavy (non-hydrogen) atoms. The number of methoxy groups -OCH3 is 1. The smallest absolute Gasteiger partial charge is 0.221 e. The lowest BCUT2D eigenvalue weighted by Crippen LogP contribution is -2.30. The maximum Gasteiger partial charge on any atom is 0.221 e. The molecule has 0 amide bonds. The Morgan fingerprint density at radius 2 is 1.88 bits per heavy atom. The van der Waals surface area contributed by atoms with E-state index >= 15 is 0 Å². The van der Waals surface area contributed by atoms with Crippen LogP contribution in [0.1, 0.15) is 5.56 Å². The first-order chi connectivity index (χ1) is 7.86. The number of hydrogen-bond acceptors (Lipinski definition) is 1. The summed E-state index contributed by atoms with van der Waals surface area (Å²) in [6.45, 7) is 3.83. The van der Waals surface area contributed by atoms with Gasteiger partial charge in [0.05, 0.1) is 12.7 Å². The fourth-order valence-electron chi connectivity index (χ4n) is 1.70. The fraction of sp³-hybridized carbons (Fsp3) is 0.0714. The molecule has 0 unspecified atom stereocenters. The van der Waals surface area contributed by atoms with Crippen molar-refractivity contribution in [2.75, 3.05) is 7.11 Å². The van der Waals surface area contributed by atoms with Crippen molar-refractivity contribution in [3.05, 3.63) is 60.9 Å². The van der Waals surface area contributed by atoms with Crippen LogP contribution in [0.5, 0.6) is 5.75 Å². The highest BCUT2D eigenvalue weighted by atomic mass is 16.5. The molecule has 0 saturated heterocycles. The molecule has 0 atom stereocenters. The van der Waals surface area contributed by atoms with Crippen LogP contribution in [0.15, 0.2) is 55.4 Å². The average molecular weight is 212 g/mol.